The molecule has 1 N–H and O–H groups in total. The van der Waals surface area contributed by atoms with E-state index in [4.69, 9.17) is 26.1 Å². The second-order valence-corrected chi connectivity index (χ2v) is 7.44. The van der Waals surface area contributed by atoms with E-state index in [2.05, 4.69) is 5.32 Å². The van der Waals surface area contributed by atoms with Crippen molar-refractivity contribution in [3.8, 4) is 22.8 Å². The molecule has 0 saturated heterocycles. The first-order chi connectivity index (χ1) is 15.0. The Kier molecular flexibility index (Phi) is 5.78. The van der Waals surface area contributed by atoms with Gasteiger partial charge in [0.05, 0.1) is 41.7 Å². The number of hydrogen-bond donors (Lipinski definition) is 1. The Morgan fingerprint density at radius 1 is 0.935 bits per heavy atom. The summed E-state index contributed by atoms with van der Waals surface area (Å²) in [4.78, 5) is 18.2. The van der Waals surface area contributed by atoms with Crippen molar-refractivity contribution in [3.05, 3.63) is 82.9 Å². The molecule has 0 fully saturated rings. The standard InChI is InChI=1S/C25H21ClN2O3/c1-15-8-4-5-9-16(15)21-12-18(17-10-6-7-11-20(17)27-21)25(29)28-22-14-23(30-2)19(26)13-24(22)31-3/h4-14H,1-3H3,(H,28,29). The molecular formula is C25H21ClN2O3. The molecule has 4 aromatic rings. The van der Waals surface area contributed by atoms with Gasteiger partial charge in [0.2, 0.25) is 0 Å². The highest BCUT2D eigenvalue weighted by Crippen LogP contribution is 2.36. The lowest BCUT2D eigenvalue weighted by Gasteiger charge is -2.15. The molecule has 156 valence electrons. The summed E-state index contributed by atoms with van der Waals surface area (Å²) >= 11 is 6.19. The van der Waals surface area contributed by atoms with Crippen LogP contribution in [0.4, 0.5) is 5.69 Å². The minimum Gasteiger partial charge on any atom is -0.495 e. The summed E-state index contributed by atoms with van der Waals surface area (Å²) in [5, 5.41) is 4.09. The van der Waals surface area contributed by atoms with Crippen molar-refractivity contribution < 1.29 is 14.3 Å². The number of methoxy groups -OCH3 is 2. The molecule has 1 aromatic heterocycles. The number of halogens is 1. The number of anilines is 1. The van der Waals surface area contributed by atoms with Crippen molar-refractivity contribution in [3.63, 3.8) is 0 Å². The van der Waals surface area contributed by atoms with E-state index in [1.165, 1.54) is 14.2 Å². The zero-order valence-electron chi connectivity index (χ0n) is 17.4. The summed E-state index contributed by atoms with van der Waals surface area (Å²) in [5.41, 5.74) is 4.53. The van der Waals surface area contributed by atoms with Crippen LogP contribution < -0.4 is 14.8 Å². The molecule has 31 heavy (non-hydrogen) atoms. The third-order valence-corrected chi connectivity index (χ3v) is 5.40. The molecular weight excluding hydrogens is 412 g/mol. The van der Waals surface area contributed by atoms with Gasteiger partial charge in [-0.25, -0.2) is 4.98 Å². The first-order valence-electron chi connectivity index (χ1n) is 9.70. The number of para-hydroxylation sites is 1. The van der Waals surface area contributed by atoms with Gasteiger partial charge in [-0.1, -0.05) is 54.1 Å². The Bertz CT molecular complexity index is 1290. The number of fused-ring (bicyclic) bond motifs is 1. The smallest absolute Gasteiger partial charge is 0.256 e. The molecule has 0 bridgehead atoms. The molecule has 0 radical (unpaired) electrons. The largest absolute Gasteiger partial charge is 0.495 e. The second kappa shape index (κ2) is 8.66. The van der Waals surface area contributed by atoms with Gasteiger partial charge < -0.3 is 14.8 Å². The number of nitrogens with zero attached hydrogens (tertiary/aromatic N) is 1. The molecule has 0 spiro atoms. The minimum atomic E-state index is -0.281. The van der Waals surface area contributed by atoms with Crippen LogP contribution >= 0.6 is 11.6 Å². The number of aryl methyl sites for hydroxylation is 1. The molecule has 0 atom stereocenters. The number of benzene rings is 3. The van der Waals surface area contributed by atoms with Crippen molar-refractivity contribution in [2.75, 3.05) is 19.5 Å². The van der Waals surface area contributed by atoms with E-state index in [1.807, 2.05) is 61.5 Å². The van der Waals surface area contributed by atoms with E-state index >= 15 is 0 Å². The average Bonchev–Trinajstić information content (AvgIpc) is 2.79. The predicted octanol–water partition coefficient (Wildman–Crippen LogP) is 6.13. The molecule has 3 aromatic carbocycles. The van der Waals surface area contributed by atoms with Crippen LogP contribution in [-0.2, 0) is 0 Å². The lowest BCUT2D eigenvalue weighted by atomic mass is 10.0. The number of amides is 1. The normalized spacial score (nSPS) is 10.7. The van der Waals surface area contributed by atoms with Crippen LogP contribution in [-0.4, -0.2) is 25.1 Å². The molecule has 1 heterocycles. The molecule has 0 aliphatic carbocycles. The van der Waals surface area contributed by atoms with Crippen LogP contribution in [0.3, 0.4) is 0 Å². The summed E-state index contributed by atoms with van der Waals surface area (Å²) in [5.74, 6) is 0.603. The first kappa shape index (κ1) is 20.7. The highest BCUT2D eigenvalue weighted by Gasteiger charge is 2.18. The van der Waals surface area contributed by atoms with E-state index in [0.717, 1.165) is 27.7 Å². The van der Waals surface area contributed by atoms with Gasteiger partial charge in [-0.15, -0.1) is 0 Å². The van der Waals surface area contributed by atoms with Gasteiger partial charge in [-0.2, -0.15) is 0 Å². The van der Waals surface area contributed by atoms with Crippen LogP contribution in [0.25, 0.3) is 22.2 Å². The lowest BCUT2D eigenvalue weighted by molar-refractivity contribution is 0.102. The number of ether oxygens (including phenoxy) is 2. The molecule has 6 heteroatoms. The first-order valence-corrected chi connectivity index (χ1v) is 10.1. The monoisotopic (exact) mass is 432 g/mol. The van der Waals surface area contributed by atoms with Gasteiger partial charge in [0, 0.05) is 23.1 Å². The van der Waals surface area contributed by atoms with Gasteiger partial charge in [0.1, 0.15) is 11.5 Å². The van der Waals surface area contributed by atoms with Crippen molar-refractivity contribution >= 4 is 34.1 Å². The van der Waals surface area contributed by atoms with Crippen molar-refractivity contribution in [1.82, 2.24) is 4.98 Å². The summed E-state index contributed by atoms with van der Waals surface area (Å²) in [6.45, 7) is 2.02. The maximum absolute atomic E-state index is 13.4. The fourth-order valence-electron chi connectivity index (χ4n) is 3.51. The summed E-state index contributed by atoms with van der Waals surface area (Å²) in [7, 11) is 3.04. The van der Waals surface area contributed by atoms with Crippen LogP contribution in [0.2, 0.25) is 5.02 Å². The highest BCUT2D eigenvalue weighted by molar-refractivity contribution is 6.32. The fraction of sp³-hybridized carbons (Fsp3) is 0.120. The van der Waals surface area contributed by atoms with Gasteiger partial charge in [0.15, 0.2) is 0 Å². The Labute approximate surface area is 185 Å². The van der Waals surface area contributed by atoms with Crippen molar-refractivity contribution in [2.45, 2.75) is 6.92 Å². The van der Waals surface area contributed by atoms with Crippen LogP contribution in [0.1, 0.15) is 15.9 Å². The number of hydrogen-bond acceptors (Lipinski definition) is 4. The minimum absolute atomic E-state index is 0.281. The number of nitrogens with one attached hydrogen (secondary N) is 1. The topological polar surface area (TPSA) is 60.5 Å². The maximum atomic E-state index is 13.4. The number of carbonyl (C=O) groups is 1. The molecule has 0 saturated carbocycles. The Morgan fingerprint density at radius 3 is 2.39 bits per heavy atom. The van der Waals surface area contributed by atoms with Gasteiger partial charge >= 0.3 is 0 Å². The molecule has 1 amide bonds. The van der Waals surface area contributed by atoms with Crippen LogP contribution in [0, 0.1) is 6.92 Å². The predicted molar refractivity (Wildman–Crippen MR) is 124 cm³/mol. The van der Waals surface area contributed by atoms with E-state index in [0.29, 0.717) is 27.8 Å². The Morgan fingerprint density at radius 2 is 1.65 bits per heavy atom. The lowest BCUT2D eigenvalue weighted by Crippen LogP contribution is -2.14. The fourth-order valence-corrected chi connectivity index (χ4v) is 3.74. The number of rotatable bonds is 5. The zero-order chi connectivity index (χ0) is 22.0. The van der Waals surface area contributed by atoms with Crippen molar-refractivity contribution in [1.29, 1.82) is 0 Å². The second-order valence-electron chi connectivity index (χ2n) is 7.03. The third-order valence-electron chi connectivity index (χ3n) is 5.10. The van der Waals surface area contributed by atoms with Crippen molar-refractivity contribution in [2.24, 2.45) is 0 Å². The molecule has 4 rings (SSSR count). The van der Waals surface area contributed by atoms with Crippen LogP contribution in [0.15, 0.2) is 66.7 Å². The summed E-state index contributed by atoms with van der Waals surface area (Å²) in [6.07, 6.45) is 0. The number of carbonyl (C=O) groups excluding carboxylic acids is 1. The molecule has 0 unspecified atom stereocenters. The maximum Gasteiger partial charge on any atom is 0.256 e. The number of pyridine rings is 1. The average molecular weight is 433 g/mol. The quantitative estimate of drug-likeness (QED) is 0.412. The zero-order valence-corrected chi connectivity index (χ0v) is 18.2. The van der Waals surface area contributed by atoms with E-state index in [9.17, 15) is 4.79 Å². The summed E-state index contributed by atoms with van der Waals surface area (Å²) in [6, 6.07) is 20.6. The SMILES string of the molecule is COc1cc(NC(=O)c2cc(-c3ccccc3C)nc3ccccc23)c(OC)cc1Cl. The Balaban J connectivity index is 1.83. The summed E-state index contributed by atoms with van der Waals surface area (Å²) < 4.78 is 10.7. The molecule has 5 nitrogen and oxygen atoms in total. The highest BCUT2D eigenvalue weighted by atomic mass is 35.5. The van der Waals surface area contributed by atoms with Crippen LogP contribution in [0.5, 0.6) is 11.5 Å². The number of aromatic nitrogens is 1. The van der Waals surface area contributed by atoms with E-state index < -0.39 is 0 Å². The van der Waals surface area contributed by atoms with Gasteiger partial charge in [-0.3, -0.25) is 4.79 Å². The third kappa shape index (κ3) is 4.05. The Hall–Kier alpha value is -3.57. The molecule has 0 aliphatic heterocycles. The van der Waals surface area contributed by atoms with Gasteiger partial charge in [-0.05, 0) is 24.6 Å². The molecule has 0 aliphatic rings. The van der Waals surface area contributed by atoms with Gasteiger partial charge in [0.25, 0.3) is 5.91 Å². The van der Waals surface area contributed by atoms with E-state index in [-0.39, 0.29) is 5.91 Å². The van der Waals surface area contributed by atoms with E-state index in [1.54, 1.807) is 12.1 Å².